The number of aliphatic hydroxyl groups excluding tert-OH is 3. The predicted octanol–water partition coefficient (Wildman–Crippen LogP) is -9.70. The average molecular weight is 728 g/mol. The molecule has 0 radical (unpaired) electrons. The smallest absolute Gasteiger partial charge is 0.316 e. The summed E-state index contributed by atoms with van der Waals surface area (Å²) in [6.45, 7) is -2.55. The first-order chi connectivity index (χ1) is 24.1. The van der Waals surface area contributed by atoms with E-state index < -0.39 is 109 Å². The minimum Gasteiger partial charge on any atom is -0.394 e. The number of nitrogens with one attached hydrogen (secondary N) is 9. The summed E-state index contributed by atoms with van der Waals surface area (Å²) in [5, 5.41) is 51.0. The van der Waals surface area contributed by atoms with Crippen LogP contribution in [0.15, 0.2) is 21.9 Å². The van der Waals surface area contributed by atoms with Crippen LogP contribution in [0.2, 0.25) is 0 Å². The Morgan fingerprint density at radius 3 is 2.22 bits per heavy atom. The van der Waals surface area contributed by atoms with E-state index in [2.05, 4.69) is 52.5 Å². The maximum absolute atomic E-state index is 13.7. The SMILES string of the molecule is CNC(CCN=C(N)N)CC(=O)NC1CNC(=O)C(C2CC(O)N=C(N)N2)NC(=O)/C(=C/NC(N)=O)NC(=O)C(CO)NC(=O)C(CO)NC1=O. The molecule has 7 unspecified atom stereocenters. The van der Waals surface area contributed by atoms with E-state index in [0.29, 0.717) is 12.6 Å². The second kappa shape index (κ2) is 20.0. The number of carbonyl (C=O) groups excluding carboxylic acids is 7. The van der Waals surface area contributed by atoms with Gasteiger partial charge in [0.25, 0.3) is 5.91 Å². The van der Waals surface area contributed by atoms with E-state index in [1.165, 1.54) is 0 Å². The van der Waals surface area contributed by atoms with Gasteiger partial charge in [-0.05, 0) is 13.5 Å². The van der Waals surface area contributed by atoms with Crippen molar-refractivity contribution in [2.24, 2.45) is 32.9 Å². The van der Waals surface area contributed by atoms with Gasteiger partial charge in [0.15, 0.2) is 18.1 Å². The van der Waals surface area contributed by atoms with E-state index in [4.69, 9.17) is 22.9 Å². The lowest BCUT2D eigenvalue weighted by Crippen LogP contribution is -2.64. The van der Waals surface area contributed by atoms with Crippen LogP contribution in [0, 0.1) is 0 Å². The third-order valence-corrected chi connectivity index (χ3v) is 7.29. The number of hydrogen-bond donors (Lipinski definition) is 16. The Hall–Kier alpha value is -5.79. The van der Waals surface area contributed by atoms with Crippen LogP contribution < -0.4 is 70.8 Å². The molecule has 8 amide bonds. The van der Waals surface area contributed by atoms with Gasteiger partial charge in [-0.15, -0.1) is 0 Å². The second-order valence-electron chi connectivity index (χ2n) is 11.1. The maximum Gasteiger partial charge on any atom is 0.316 e. The Morgan fingerprint density at radius 1 is 0.980 bits per heavy atom. The molecule has 1 saturated heterocycles. The zero-order valence-corrected chi connectivity index (χ0v) is 27.5. The highest BCUT2D eigenvalue weighted by molar-refractivity contribution is 6.02. The molecule has 0 bridgehead atoms. The monoisotopic (exact) mass is 727 g/mol. The molecular weight excluding hydrogens is 682 g/mol. The third kappa shape index (κ3) is 13.6. The minimum atomic E-state index is -1.79. The Bertz CT molecular complexity index is 1400. The van der Waals surface area contributed by atoms with Crippen molar-refractivity contribution in [1.82, 2.24) is 47.9 Å². The van der Waals surface area contributed by atoms with Crippen LogP contribution in [0.5, 0.6) is 0 Å². The molecule has 1 fully saturated rings. The average Bonchev–Trinajstić information content (AvgIpc) is 3.06. The molecule has 7 atom stereocenters. The normalized spacial score (nSPS) is 26.5. The molecule has 284 valence electrons. The van der Waals surface area contributed by atoms with Crippen molar-refractivity contribution in [1.29, 1.82) is 0 Å². The van der Waals surface area contributed by atoms with Crippen LogP contribution in [-0.4, -0.2) is 145 Å². The molecule has 2 heterocycles. The summed E-state index contributed by atoms with van der Waals surface area (Å²) < 4.78 is 0. The zero-order valence-electron chi connectivity index (χ0n) is 27.5. The van der Waals surface area contributed by atoms with E-state index >= 15 is 0 Å². The van der Waals surface area contributed by atoms with Gasteiger partial charge in [0.05, 0.1) is 19.3 Å². The lowest BCUT2D eigenvalue weighted by Gasteiger charge is -2.33. The summed E-state index contributed by atoms with van der Waals surface area (Å²) in [6, 6.07) is -9.59. The Morgan fingerprint density at radius 2 is 1.63 bits per heavy atom. The molecule has 0 aliphatic carbocycles. The van der Waals surface area contributed by atoms with E-state index in [1.54, 1.807) is 7.05 Å². The Balaban J connectivity index is 2.53. The van der Waals surface area contributed by atoms with Crippen molar-refractivity contribution in [3.63, 3.8) is 0 Å². The number of amides is 8. The van der Waals surface area contributed by atoms with Gasteiger partial charge in [0.1, 0.15) is 29.9 Å². The van der Waals surface area contributed by atoms with Gasteiger partial charge in [-0.3, -0.25) is 33.8 Å². The summed E-state index contributed by atoms with van der Waals surface area (Å²) in [5.74, 6) is -6.84. The molecule has 0 spiro atoms. The number of guanidine groups is 2. The van der Waals surface area contributed by atoms with Gasteiger partial charge < -0.3 is 86.1 Å². The van der Waals surface area contributed by atoms with Crippen LogP contribution in [-0.2, 0) is 28.8 Å². The molecule has 2 aliphatic rings. The number of carbonyl (C=O) groups is 7. The molecule has 0 aromatic heterocycles. The first kappa shape index (κ1) is 41.4. The number of nitrogens with zero attached hydrogens (tertiary/aromatic N) is 2. The zero-order chi connectivity index (χ0) is 38.2. The fraction of sp³-hybridized carbons (Fsp3) is 0.577. The van der Waals surface area contributed by atoms with Crippen molar-refractivity contribution in [3.05, 3.63) is 11.9 Å². The van der Waals surface area contributed by atoms with Crippen molar-refractivity contribution in [2.75, 3.05) is 33.4 Å². The lowest BCUT2D eigenvalue weighted by atomic mass is 10.0. The summed E-state index contributed by atoms with van der Waals surface area (Å²) in [4.78, 5) is 98.5. The molecule has 20 N–H and O–H groups in total. The summed E-state index contributed by atoms with van der Waals surface area (Å²) in [5.41, 5.74) is 20.8. The van der Waals surface area contributed by atoms with E-state index in [1.807, 2.05) is 5.32 Å². The van der Waals surface area contributed by atoms with Crippen molar-refractivity contribution < 1.29 is 48.9 Å². The molecule has 25 nitrogen and oxygen atoms in total. The quantitative estimate of drug-likeness (QED) is 0.0534. The summed E-state index contributed by atoms with van der Waals surface area (Å²) >= 11 is 0. The number of rotatable bonds is 11. The predicted molar refractivity (Wildman–Crippen MR) is 176 cm³/mol. The van der Waals surface area contributed by atoms with E-state index in [0.717, 1.165) is 0 Å². The first-order valence-electron chi connectivity index (χ1n) is 15.4. The second-order valence-corrected chi connectivity index (χ2v) is 11.1. The van der Waals surface area contributed by atoms with Gasteiger partial charge in [-0.1, -0.05) is 0 Å². The van der Waals surface area contributed by atoms with E-state index in [9.17, 15) is 48.9 Å². The minimum absolute atomic E-state index is 0.154. The van der Waals surface area contributed by atoms with Crippen LogP contribution in [0.4, 0.5) is 4.79 Å². The molecule has 0 saturated carbocycles. The first-order valence-corrected chi connectivity index (χ1v) is 15.4. The number of aliphatic hydroxyl groups is 3. The molecule has 25 heteroatoms. The number of primary amides is 1. The fourth-order valence-corrected chi connectivity index (χ4v) is 4.67. The lowest BCUT2D eigenvalue weighted by molar-refractivity contribution is -0.135. The number of aliphatic imine (C=N–C) groups is 2. The van der Waals surface area contributed by atoms with Crippen LogP contribution in [0.25, 0.3) is 0 Å². The van der Waals surface area contributed by atoms with Gasteiger partial charge in [-0.2, -0.15) is 0 Å². The van der Waals surface area contributed by atoms with Gasteiger partial charge in [0, 0.05) is 38.2 Å². The number of hydrogen-bond acceptors (Lipinski definition) is 15. The fourth-order valence-electron chi connectivity index (χ4n) is 4.67. The van der Waals surface area contributed by atoms with Crippen LogP contribution in [0.1, 0.15) is 19.3 Å². The van der Waals surface area contributed by atoms with Crippen LogP contribution >= 0.6 is 0 Å². The molecule has 2 aliphatic heterocycles. The van der Waals surface area contributed by atoms with Gasteiger partial charge in [-0.25, -0.2) is 9.79 Å². The van der Waals surface area contributed by atoms with Crippen molar-refractivity contribution in [2.45, 2.75) is 61.7 Å². The van der Waals surface area contributed by atoms with Gasteiger partial charge >= 0.3 is 6.03 Å². The topological polar surface area (TPSA) is 417 Å². The summed E-state index contributed by atoms with van der Waals surface area (Å²) in [6.07, 6.45) is -0.933. The largest absolute Gasteiger partial charge is 0.394 e. The molecule has 51 heavy (non-hydrogen) atoms. The van der Waals surface area contributed by atoms with Gasteiger partial charge in [0.2, 0.25) is 29.5 Å². The number of urea groups is 1. The highest BCUT2D eigenvalue weighted by atomic mass is 16.3. The van der Waals surface area contributed by atoms with Crippen molar-refractivity contribution in [3.8, 4) is 0 Å². The highest BCUT2D eigenvalue weighted by Gasteiger charge is 2.37. The Kier molecular flexibility index (Phi) is 16.2. The molecule has 2 rings (SSSR count). The van der Waals surface area contributed by atoms with E-state index in [-0.39, 0.29) is 31.3 Å². The number of nitrogens with two attached hydrogens (primary N) is 4. The maximum atomic E-state index is 13.7. The standard InChI is InChI=1S/C26H45N15O10/c1-31-10(2-3-32-24(27)28)4-16(44)35-12-6-33-23(50)18(11-5-17(45)40-25(29)39-11)41-20(47)13(7-34-26(30)51)36-21(48)14(8-42)38-22(49)15(9-43)37-19(12)46/h7,10-12,14-15,17-18,31,42-43,45H,2-6,8-9H2,1H3,(H,33,50)(H,35,44)(H,36,48)(H,37,46)(H,38,49)(H,41,47)(H4,27,28,32)(H3,29,39,40)(H3,30,34,51)/b13-7-. The van der Waals surface area contributed by atoms with Crippen molar-refractivity contribution >= 4 is 53.4 Å². The molecule has 0 aromatic rings. The molecule has 0 aromatic carbocycles. The molecular formula is C26H45N15O10. The van der Waals surface area contributed by atoms with Crippen LogP contribution in [0.3, 0.4) is 0 Å². The summed E-state index contributed by atoms with van der Waals surface area (Å²) in [7, 11) is 1.57. The Labute approximate surface area is 290 Å². The third-order valence-electron chi connectivity index (χ3n) is 7.29. The highest BCUT2D eigenvalue weighted by Crippen LogP contribution is 2.11.